The number of hydrogen-bond donors (Lipinski definition) is 1. The SMILES string of the molecule is CCCCCCC/C=C\C/C=C\CCCCCCCCCCCCCCCCCC(=O)OC(COC(=O)CCCCCCCCCCCCCCCCCCCCC/C=C\CCCCCCCCCC)COC(OCC[N+](C)(C)C)C(=O)O. The molecule has 0 saturated heterocycles. The summed E-state index contributed by atoms with van der Waals surface area (Å²) in [4.78, 5) is 37.6. The summed E-state index contributed by atoms with van der Waals surface area (Å²) in [6.45, 7) is 4.93. The van der Waals surface area contributed by atoms with Gasteiger partial charge in [0, 0.05) is 12.8 Å². The van der Waals surface area contributed by atoms with E-state index in [1.54, 1.807) is 0 Å². The molecule has 0 fully saturated rings. The average molecular weight is 1170 g/mol. The van der Waals surface area contributed by atoms with Crippen molar-refractivity contribution in [1.82, 2.24) is 0 Å². The van der Waals surface area contributed by atoms with Crippen molar-refractivity contribution in [3.63, 3.8) is 0 Å². The van der Waals surface area contributed by atoms with Gasteiger partial charge >= 0.3 is 17.9 Å². The Morgan fingerprint density at radius 3 is 0.964 bits per heavy atom. The van der Waals surface area contributed by atoms with E-state index in [-0.39, 0.29) is 38.2 Å². The molecule has 0 amide bonds. The Bertz CT molecular complexity index is 1450. The molecule has 0 spiro atoms. The van der Waals surface area contributed by atoms with Crippen LogP contribution in [0.15, 0.2) is 36.5 Å². The molecule has 0 aliphatic heterocycles. The second kappa shape index (κ2) is 65.5. The van der Waals surface area contributed by atoms with Gasteiger partial charge in [0.15, 0.2) is 6.10 Å². The highest BCUT2D eigenvalue weighted by atomic mass is 16.7. The first kappa shape index (κ1) is 80.5. The van der Waals surface area contributed by atoms with E-state index in [9.17, 15) is 19.5 Å². The fourth-order valence-electron chi connectivity index (χ4n) is 10.8. The van der Waals surface area contributed by atoms with Crippen LogP contribution in [0, 0.1) is 0 Å². The van der Waals surface area contributed by atoms with E-state index in [0.717, 1.165) is 44.9 Å². The molecule has 0 bridgehead atoms. The van der Waals surface area contributed by atoms with Gasteiger partial charge in [0.1, 0.15) is 13.2 Å². The van der Waals surface area contributed by atoms with Gasteiger partial charge in [-0.25, -0.2) is 4.79 Å². The van der Waals surface area contributed by atoms with Crippen LogP contribution in [0.2, 0.25) is 0 Å². The third-order valence-electron chi connectivity index (χ3n) is 16.4. The van der Waals surface area contributed by atoms with Gasteiger partial charge in [-0.3, -0.25) is 9.59 Å². The Morgan fingerprint density at radius 1 is 0.361 bits per heavy atom. The summed E-state index contributed by atoms with van der Waals surface area (Å²) >= 11 is 0. The molecule has 0 aromatic rings. The predicted octanol–water partition coefficient (Wildman–Crippen LogP) is 22.4. The van der Waals surface area contributed by atoms with E-state index in [1.807, 2.05) is 21.1 Å². The number of rotatable bonds is 68. The summed E-state index contributed by atoms with van der Waals surface area (Å²) in [5, 5.41) is 9.75. The number of carboxylic acid groups (broad SMARTS) is 1. The van der Waals surface area contributed by atoms with Gasteiger partial charge in [0.2, 0.25) is 0 Å². The van der Waals surface area contributed by atoms with E-state index in [4.69, 9.17) is 18.9 Å². The van der Waals surface area contributed by atoms with Crippen LogP contribution in [-0.4, -0.2) is 87.4 Å². The standard InChI is InChI=1S/C74H139NO8/c1-6-8-10-12-14-16-18-20-22-24-26-28-30-32-34-35-36-37-39-40-42-44-46-48-50-52-54-56-58-60-62-64-71(76)81-68-70(69-82-74(73(78)79)80-67-66-75(3,4)5)83-72(77)65-63-61-59-57-55-53-51-49-47-45-43-41-38-33-31-29-27-25-23-21-19-17-15-13-11-9-7-2/h19,21,24-27,70,74H,6-18,20,22-23,28-69H2,1-5H3/p+1/b21-19-,26-24-,27-25-. The summed E-state index contributed by atoms with van der Waals surface area (Å²) < 4.78 is 23.0. The molecule has 0 aromatic carbocycles. The maximum Gasteiger partial charge on any atom is 0.361 e. The first-order valence-electron chi connectivity index (χ1n) is 36.2. The summed E-state index contributed by atoms with van der Waals surface area (Å²) in [5.74, 6) is -1.98. The van der Waals surface area contributed by atoms with Crippen LogP contribution >= 0.6 is 0 Å². The Morgan fingerprint density at radius 2 is 0.651 bits per heavy atom. The molecule has 1 N–H and O–H groups in total. The lowest BCUT2D eigenvalue weighted by Crippen LogP contribution is -2.40. The fraction of sp³-hybridized carbons (Fsp3) is 0.878. The van der Waals surface area contributed by atoms with Crippen LogP contribution in [0.5, 0.6) is 0 Å². The Kier molecular flexibility index (Phi) is 63.5. The minimum atomic E-state index is -1.51. The number of allylic oxidation sites excluding steroid dienone is 6. The molecule has 0 radical (unpaired) electrons. The quantitative estimate of drug-likeness (QED) is 0.0211. The van der Waals surface area contributed by atoms with Crippen molar-refractivity contribution in [2.24, 2.45) is 0 Å². The van der Waals surface area contributed by atoms with Crippen LogP contribution in [0.3, 0.4) is 0 Å². The highest BCUT2D eigenvalue weighted by Gasteiger charge is 2.25. The van der Waals surface area contributed by atoms with Crippen molar-refractivity contribution in [2.45, 2.75) is 373 Å². The number of nitrogens with zero attached hydrogens (tertiary/aromatic N) is 1. The van der Waals surface area contributed by atoms with Gasteiger partial charge in [-0.2, -0.15) is 0 Å². The van der Waals surface area contributed by atoms with Crippen molar-refractivity contribution in [3.05, 3.63) is 36.5 Å². The lowest BCUT2D eigenvalue weighted by atomic mass is 10.0. The molecule has 83 heavy (non-hydrogen) atoms. The molecule has 0 aromatic heterocycles. The number of carboxylic acids is 1. The first-order valence-corrected chi connectivity index (χ1v) is 36.2. The number of carbonyl (C=O) groups is 3. The van der Waals surface area contributed by atoms with E-state index in [1.165, 1.54) is 289 Å². The molecule has 2 atom stereocenters. The zero-order valence-corrected chi connectivity index (χ0v) is 55.9. The van der Waals surface area contributed by atoms with Crippen LogP contribution in [-0.2, 0) is 33.3 Å². The third kappa shape index (κ3) is 66.9. The van der Waals surface area contributed by atoms with Gasteiger partial charge in [0.25, 0.3) is 6.29 Å². The number of quaternary nitrogens is 1. The Hall–Kier alpha value is -2.49. The molecule has 0 aliphatic rings. The normalized spacial score (nSPS) is 12.8. The van der Waals surface area contributed by atoms with Gasteiger partial charge in [-0.1, -0.05) is 314 Å². The summed E-state index contributed by atoms with van der Waals surface area (Å²) in [7, 11) is 5.99. The minimum Gasteiger partial charge on any atom is -0.477 e. The van der Waals surface area contributed by atoms with Gasteiger partial charge < -0.3 is 28.5 Å². The third-order valence-corrected chi connectivity index (χ3v) is 16.4. The minimum absolute atomic E-state index is 0.177. The van der Waals surface area contributed by atoms with Crippen LogP contribution in [0.25, 0.3) is 0 Å². The summed E-state index contributed by atoms with van der Waals surface area (Å²) in [6.07, 6.45) is 79.8. The number of aliphatic carboxylic acids is 1. The second-order valence-electron chi connectivity index (χ2n) is 25.9. The number of hydrogen-bond acceptors (Lipinski definition) is 7. The monoisotopic (exact) mass is 1170 g/mol. The maximum atomic E-state index is 12.9. The Labute approximate surface area is 515 Å². The molecule has 488 valence electrons. The van der Waals surface area contributed by atoms with Crippen molar-refractivity contribution in [2.75, 3.05) is 47.5 Å². The zero-order valence-electron chi connectivity index (χ0n) is 55.9. The number of ether oxygens (including phenoxy) is 4. The molecule has 9 heteroatoms. The number of likely N-dealkylation sites (N-methyl/N-ethyl adjacent to an activating group) is 1. The highest BCUT2D eigenvalue weighted by Crippen LogP contribution is 2.19. The van der Waals surface area contributed by atoms with E-state index < -0.39 is 18.4 Å². The van der Waals surface area contributed by atoms with Gasteiger partial charge in [0.05, 0.1) is 34.4 Å². The van der Waals surface area contributed by atoms with Gasteiger partial charge in [-0.15, -0.1) is 0 Å². The van der Waals surface area contributed by atoms with Gasteiger partial charge in [-0.05, 0) is 70.6 Å². The fourth-order valence-corrected chi connectivity index (χ4v) is 10.8. The average Bonchev–Trinajstić information content (AvgIpc) is 3.46. The summed E-state index contributed by atoms with van der Waals surface area (Å²) in [6, 6.07) is 0. The van der Waals surface area contributed by atoms with Crippen LogP contribution in [0.1, 0.15) is 361 Å². The molecule has 0 aliphatic carbocycles. The van der Waals surface area contributed by atoms with Crippen molar-refractivity contribution < 1.29 is 42.9 Å². The maximum absolute atomic E-state index is 12.9. The predicted molar refractivity (Wildman–Crippen MR) is 355 cm³/mol. The van der Waals surface area contributed by atoms with Crippen LogP contribution in [0.4, 0.5) is 0 Å². The summed E-state index contributed by atoms with van der Waals surface area (Å²) in [5.41, 5.74) is 0. The Balaban J connectivity index is 4.05. The number of unbranched alkanes of at least 4 members (excludes halogenated alkanes) is 47. The van der Waals surface area contributed by atoms with E-state index >= 15 is 0 Å². The van der Waals surface area contributed by atoms with Crippen LogP contribution < -0.4 is 0 Å². The lowest BCUT2D eigenvalue weighted by molar-refractivity contribution is -0.870. The first-order chi connectivity index (χ1) is 40.6. The van der Waals surface area contributed by atoms with Crippen molar-refractivity contribution in [3.8, 4) is 0 Å². The molecule has 2 unspecified atom stereocenters. The molecular weight excluding hydrogens is 1030 g/mol. The van der Waals surface area contributed by atoms with E-state index in [0.29, 0.717) is 17.4 Å². The smallest absolute Gasteiger partial charge is 0.361 e. The van der Waals surface area contributed by atoms with E-state index in [2.05, 4.69) is 50.3 Å². The highest BCUT2D eigenvalue weighted by molar-refractivity contribution is 5.71. The molecule has 0 rings (SSSR count). The zero-order chi connectivity index (χ0) is 60.5. The lowest BCUT2D eigenvalue weighted by Gasteiger charge is -2.25. The molecule has 0 heterocycles. The number of esters is 2. The molecule has 9 nitrogen and oxygen atoms in total. The number of carbonyl (C=O) groups excluding carboxylic acids is 2. The molecular formula is C74H140NO8+. The largest absolute Gasteiger partial charge is 0.477 e. The van der Waals surface area contributed by atoms with Crippen molar-refractivity contribution in [1.29, 1.82) is 0 Å². The van der Waals surface area contributed by atoms with Crippen molar-refractivity contribution >= 4 is 17.9 Å². The molecule has 0 saturated carbocycles. The topological polar surface area (TPSA) is 108 Å². The second-order valence-corrected chi connectivity index (χ2v) is 25.9.